The van der Waals surface area contributed by atoms with Gasteiger partial charge >= 0.3 is 5.97 Å². The van der Waals surface area contributed by atoms with Crippen LogP contribution in [0.3, 0.4) is 0 Å². The zero-order valence-electron chi connectivity index (χ0n) is 12.8. The van der Waals surface area contributed by atoms with E-state index in [1.165, 1.54) is 5.56 Å². The van der Waals surface area contributed by atoms with Gasteiger partial charge in [-0.1, -0.05) is 38.1 Å². The maximum absolute atomic E-state index is 11.9. The first-order chi connectivity index (χ1) is 9.88. The highest BCUT2D eigenvalue weighted by molar-refractivity contribution is 5.97. The van der Waals surface area contributed by atoms with Crippen molar-refractivity contribution >= 4 is 11.7 Å². The quantitative estimate of drug-likeness (QED) is 0.528. The number of nitrogens with one attached hydrogen (secondary N) is 1. The lowest BCUT2D eigenvalue weighted by molar-refractivity contribution is 0.0516. The van der Waals surface area contributed by atoms with Gasteiger partial charge < -0.3 is 9.82 Å². The number of carbonyl (C=O) groups is 1. The Morgan fingerprint density at radius 1 is 1.14 bits per heavy atom. The van der Waals surface area contributed by atoms with E-state index in [1.807, 2.05) is 24.3 Å². The molecular weight excluding hydrogens is 264 g/mol. The van der Waals surface area contributed by atoms with Crippen LogP contribution in [0.15, 0.2) is 47.8 Å². The molecule has 1 aromatic heterocycles. The van der Waals surface area contributed by atoms with Crippen LogP contribution in [0.2, 0.25) is 0 Å². The standard InChI is InChI=1S/C17H20N2O2/c1-12(15-6-5-11-18-15)19-21-16(20)13-7-9-14(10-8-13)17(2,3)4/h5-11,18H,1-4H3. The molecule has 2 aromatic rings. The number of hydrogen-bond donors (Lipinski definition) is 1. The maximum atomic E-state index is 11.9. The first-order valence-corrected chi connectivity index (χ1v) is 6.88. The van der Waals surface area contributed by atoms with E-state index in [2.05, 4.69) is 30.9 Å². The number of hydrogen-bond acceptors (Lipinski definition) is 3. The van der Waals surface area contributed by atoms with Gasteiger partial charge in [0.15, 0.2) is 0 Å². The first kappa shape index (κ1) is 15.0. The second-order valence-corrected chi connectivity index (χ2v) is 5.97. The molecular formula is C17H20N2O2. The lowest BCUT2D eigenvalue weighted by Crippen LogP contribution is -2.11. The summed E-state index contributed by atoms with van der Waals surface area (Å²) in [5.41, 5.74) is 3.17. The average molecular weight is 284 g/mol. The van der Waals surface area contributed by atoms with Gasteiger partial charge in [-0.3, -0.25) is 0 Å². The van der Waals surface area contributed by atoms with Gasteiger partial charge in [0.1, 0.15) is 5.71 Å². The van der Waals surface area contributed by atoms with Crippen LogP contribution >= 0.6 is 0 Å². The van der Waals surface area contributed by atoms with Gasteiger partial charge in [-0.25, -0.2) is 4.79 Å². The molecule has 0 amide bonds. The predicted octanol–water partition coefficient (Wildman–Crippen LogP) is 3.89. The molecule has 0 saturated heterocycles. The molecule has 21 heavy (non-hydrogen) atoms. The second kappa shape index (κ2) is 5.95. The summed E-state index contributed by atoms with van der Waals surface area (Å²) in [5.74, 6) is -0.457. The van der Waals surface area contributed by atoms with Gasteiger partial charge in [-0.15, -0.1) is 0 Å². The van der Waals surface area contributed by atoms with Crippen LogP contribution in [0.4, 0.5) is 0 Å². The molecule has 0 atom stereocenters. The molecule has 0 aliphatic rings. The van der Waals surface area contributed by atoms with E-state index in [-0.39, 0.29) is 5.41 Å². The van der Waals surface area contributed by atoms with Crippen LogP contribution in [-0.4, -0.2) is 16.7 Å². The third-order valence-electron chi connectivity index (χ3n) is 3.24. The highest BCUT2D eigenvalue weighted by Gasteiger charge is 2.15. The molecule has 0 aliphatic carbocycles. The summed E-state index contributed by atoms with van der Waals surface area (Å²) >= 11 is 0. The molecule has 0 fully saturated rings. The van der Waals surface area contributed by atoms with Crippen molar-refractivity contribution in [2.45, 2.75) is 33.1 Å². The third-order valence-corrected chi connectivity index (χ3v) is 3.24. The SMILES string of the molecule is CC(=NOC(=O)c1ccc(C(C)(C)C)cc1)c1ccc[nH]1. The lowest BCUT2D eigenvalue weighted by atomic mass is 9.87. The summed E-state index contributed by atoms with van der Waals surface area (Å²) in [5, 5.41) is 3.85. The minimum Gasteiger partial charge on any atom is -0.360 e. The van der Waals surface area contributed by atoms with Crippen LogP contribution in [-0.2, 0) is 10.3 Å². The minimum absolute atomic E-state index is 0.0603. The van der Waals surface area contributed by atoms with Crippen LogP contribution in [0.25, 0.3) is 0 Å². The highest BCUT2D eigenvalue weighted by atomic mass is 16.7. The zero-order valence-corrected chi connectivity index (χ0v) is 12.8. The number of benzene rings is 1. The molecule has 0 unspecified atom stereocenters. The summed E-state index contributed by atoms with van der Waals surface area (Å²) in [7, 11) is 0. The lowest BCUT2D eigenvalue weighted by Gasteiger charge is -2.18. The number of carbonyl (C=O) groups excluding carboxylic acids is 1. The number of rotatable bonds is 3. The number of H-pyrrole nitrogens is 1. The van der Waals surface area contributed by atoms with Gasteiger partial charge in [0.05, 0.1) is 11.3 Å². The van der Waals surface area contributed by atoms with E-state index in [0.717, 1.165) is 5.69 Å². The summed E-state index contributed by atoms with van der Waals surface area (Å²) in [4.78, 5) is 19.9. The fourth-order valence-electron chi connectivity index (χ4n) is 1.87. The van der Waals surface area contributed by atoms with Crippen molar-refractivity contribution in [3.63, 3.8) is 0 Å². The monoisotopic (exact) mass is 284 g/mol. The molecule has 1 heterocycles. The summed E-state index contributed by atoms with van der Waals surface area (Å²) in [6, 6.07) is 11.1. The van der Waals surface area contributed by atoms with Gasteiger partial charge in [0.2, 0.25) is 0 Å². The Hall–Kier alpha value is -2.36. The molecule has 0 bridgehead atoms. The Balaban J connectivity index is 2.06. The van der Waals surface area contributed by atoms with E-state index < -0.39 is 5.97 Å². The average Bonchev–Trinajstić information content (AvgIpc) is 2.98. The molecule has 4 nitrogen and oxygen atoms in total. The van der Waals surface area contributed by atoms with Crippen molar-refractivity contribution in [2.24, 2.45) is 5.16 Å². The van der Waals surface area contributed by atoms with E-state index in [4.69, 9.17) is 4.84 Å². The van der Waals surface area contributed by atoms with Crippen LogP contribution < -0.4 is 0 Å². The van der Waals surface area contributed by atoms with Crippen molar-refractivity contribution < 1.29 is 9.63 Å². The molecule has 110 valence electrons. The summed E-state index contributed by atoms with van der Waals surface area (Å²) in [6.07, 6.45) is 1.79. The molecule has 4 heteroatoms. The highest BCUT2D eigenvalue weighted by Crippen LogP contribution is 2.22. The second-order valence-electron chi connectivity index (χ2n) is 5.97. The van der Waals surface area contributed by atoms with Gasteiger partial charge in [0, 0.05) is 6.20 Å². The molecule has 2 rings (SSSR count). The maximum Gasteiger partial charge on any atom is 0.365 e. The Bertz CT molecular complexity index is 632. The number of aromatic amines is 1. The van der Waals surface area contributed by atoms with E-state index in [1.54, 1.807) is 25.3 Å². The smallest absolute Gasteiger partial charge is 0.360 e. The van der Waals surface area contributed by atoms with Gasteiger partial charge in [-0.2, -0.15) is 0 Å². The van der Waals surface area contributed by atoms with Crippen LogP contribution in [0.5, 0.6) is 0 Å². The number of oxime groups is 1. The number of aromatic nitrogens is 1. The zero-order chi connectivity index (χ0) is 15.5. The fraction of sp³-hybridized carbons (Fsp3) is 0.294. The number of nitrogens with zero attached hydrogens (tertiary/aromatic N) is 1. The minimum atomic E-state index is -0.457. The third kappa shape index (κ3) is 3.81. The Labute approximate surface area is 124 Å². The van der Waals surface area contributed by atoms with E-state index in [0.29, 0.717) is 11.3 Å². The van der Waals surface area contributed by atoms with E-state index in [9.17, 15) is 4.79 Å². The van der Waals surface area contributed by atoms with Crippen molar-refractivity contribution in [3.8, 4) is 0 Å². The Morgan fingerprint density at radius 3 is 2.33 bits per heavy atom. The first-order valence-electron chi connectivity index (χ1n) is 6.88. The molecule has 0 saturated carbocycles. The van der Waals surface area contributed by atoms with E-state index >= 15 is 0 Å². The Kier molecular flexibility index (Phi) is 4.26. The topological polar surface area (TPSA) is 54.4 Å². The van der Waals surface area contributed by atoms with Crippen molar-refractivity contribution in [2.75, 3.05) is 0 Å². The van der Waals surface area contributed by atoms with Gasteiger partial charge in [0.25, 0.3) is 0 Å². The van der Waals surface area contributed by atoms with Crippen LogP contribution in [0, 0.1) is 0 Å². The van der Waals surface area contributed by atoms with Crippen LogP contribution in [0.1, 0.15) is 49.3 Å². The Morgan fingerprint density at radius 2 is 1.81 bits per heavy atom. The summed E-state index contributed by atoms with van der Waals surface area (Å²) in [6.45, 7) is 8.17. The molecule has 0 spiro atoms. The fourth-order valence-corrected chi connectivity index (χ4v) is 1.87. The predicted molar refractivity (Wildman–Crippen MR) is 83.6 cm³/mol. The molecule has 1 aromatic carbocycles. The van der Waals surface area contributed by atoms with Gasteiger partial charge in [-0.05, 0) is 42.2 Å². The molecule has 1 N–H and O–H groups in total. The van der Waals surface area contributed by atoms with Crippen molar-refractivity contribution in [1.82, 2.24) is 4.98 Å². The normalized spacial score (nSPS) is 12.3. The molecule has 0 aliphatic heterocycles. The molecule has 0 radical (unpaired) electrons. The largest absolute Gasteiger partial charge is 0.365 e. The van der Waals surface area contributed by atoms with Crippen molar-refractivity contribution in [3.05, 3.63) is 59.4 Å². The summed E-state index contributed by atoms with van der Waals surface area (Å²) < 4.78 is 0. The van der Waals surface area contributed by atoms with Crippen molar-refractivity contribution in [1.29, 1.82) is 0 Å².